The Hall–Kier alpha value is -2.53. The van der Waals surface area contributed by atoms with Gasteiger partial charge >= 0.3 is 0 Å². The van der Waals surface area contributed by atoms with E-state index in [0.29, 0.717) is 6.61 Å². The molecule has 0 amide bonds. The molecule has 4 rings (SSSR count). The second-order valence-electron chi connectivity index (χ2n) is 6.68. The van der Waals surface area contributed by atoms with Crippen molar-refractivity contribution in [3.63, 3.8) is 0 Å². The number of rotatable bonds is 7. The maximum Gasteiger partial charge on any atom is 0.124 e. The van der Waals surface area contributed by atoms with Crippen LogP contribution in [-0.4, -0.2) is 41.3 Å². The largest absolute Gasteiger partial charge is 0.497 e. The van der Waals surface area contributed by atoms with Crippen LogP contribution in [0.15, 0.2) is 48.5 Å². The molecule has 2 aromatic carbocycles. The molecule has 0 atom stereocenters. The molecule has 0 unspecified atom stereocenters. The molecule has 5 nitrogen and oxygen atoms in total. The van der Waals surface area contributed by atoms with Crippen LogP contribution < -0.4 is 9.47 Å². The third-order valence-corrected chi connectivity index (χ3v) is 4.94. The normalized spacial score (nSPS) is 14.8. The van der Waals surface area contributed by atoms with Crippen molar-refractivity contribution in [3.05, 3.63) is 54.4 Å². The highest BCUT2D eigenvalue weighted by Gasteiger charge is 2.17. The van der Waals surface area contributed by atoms with E-state index in [4.69, 9.17) is 14.5 Å². The summed E-state index contributed by atoms with van der Waals surface area (Å²) in [5.74, 6) is 2.83. The zero-order valence-electron chi connectivity index (χ0n) is 15.2. The Morgan fingerprint density at radius 3 is 2.46 bits per heavy atom. The number of nitrogens with zero attached hydrogens (tertiary/aromatic N) is 3. The molecule has 1 saturated heterocycles. The molecular weight excluding hydrogens is 326 g/mol. The van der Waals surface area contributed by atoms with Crippen molar-refractivity contribution in [3.8, 4) is 11.5 Å². The monoisotopic (exact) mass is 351 g/mol. The molecule has 1 aliphatic heterocycles. The van der Waals surface area contributed by atoms with Gasteiger partial charge in [0.05, 0.1) is 31.2 Å². The first-order valence-electron chi connectivity index (χ1n) is 9.27. The van der Waals surface area contributed by atoms with Gasteiger partial charge in [0.15, 0.2) is 0 Å². The van der Waals surface area contributed by atoms with Crippen molar-refractivity contribution >= 4 is 11.0 Å². The van der Waals surface area contributed by atoms with E-state index in [2.05, 4.69) is 27.7 Å². The lowest BCUT2D eigenvalue weighted by atomic mass is 10.3. The summed E-state index contributed by atoms with van der Waals surface area (Å²) in [4.78, 5) is 7.36. The minimum atomic E-state index is 0.611. The van der Waals surface area contributed by atoms with E-state index >= 15 is 0 Å². The summed E-state index contributed by atoms with van der Waals surface area (Å²) in [6.07, 6.45) is 2.58. The summed E-state index contributed by atoms with van der Waals surface area (Å²) in [6, 6.07) is 16.1. The second kappa shape index (κ2) is 7.79. The maximum absolute atomic E-state index is 5.93. The van der Waals surface area contributed by atoms with Gasteiger partial charge in [0.25, 0.3) is 0 Å². The second-order valence-corrected chi connectivity index (χ2v) is 6.68. The number of aromatic nitrogens is 2. The van der Waals surface area contributed by atoms with Gasteiger partial charge in [-0.3, -0.25) is 4.90 Å². The molecule has 136 valence electrons. The van der Waals surface area contributed by atoms with E-state index in [1.54, 1.807) is 7.11 Å². The minimum Gasteiger partial charge on any atom is -0.497 e. The molecule has 26 heavy (non-hydrogen) atoms. The van der Waals surface area contributed by atoms with Crippen LogP contribution in [0.25, 0.3) is 11.0 Å². The van der Waals surface area contributed by atoms with E-state index in [1.807, 2.05) is 30.3 Å². The Balaban J connectivity index is 1.48. The summed E-state index contributed by atoms with van der Waals surface area (Å²) in [7, 11) is 1.67. The van der Waals surface area contributed by atoms with Gasteiger partial charge in [-0.05, 0) is 62.3 Å². The third kappa shape index (κ3) is 3.68. The van der Waals surface area contributed by atoms with E-state index in [1.165, 1.54) is 31.4 Å². The number of hydrogen-bond donors (Lipinski definition) is 0. The molecule has 3 aromatic rings. The van der Waals surface area contributed by atoms with Crippen LogP contribution >= 0.6 is 0 Å². The lowest BCUT2D eigenvalue weighted by molar-refractivity contribution is 0.285. The van der Waals surface area contributed by atoms with Crippen LogP contribution in [0.5, 0.6) is 11.5 Å². The number of benzene rings is 2. The number of methoxy groups -OCH3 is 1. The van der Waals surface area contributed by atoms with E-state index in [-0.39, 0.29) is 0 Å². The van der Waals surface area contributed by atoms with Crippen LogP contribution in [0, 0.1) is 0 Å². The quantitative estimate of drug-likeness (QED) is 0.650. The van der Waals surface area contributed by atoms with Gasteiger partial charge in [-0.1, -0.05) is 12.1 Å². The molecule has 0 radical (unpaired) electrons. The van der Waals surface area contributed by atoms with E-state index in [0.717, 1.165) is 35.9 Å². The van der Waals surface area contributed by atoms with Crippen LogP contribution in [0.1, 0.15) is 18.7 Å². The summed E-state index contributed by atoms with van der Waals surface area (Å²) >= 11 is 0. The Morgan fingerprint density at radius 2 is 1.69 bits per heavy atom. The molecule has 0 saturated carbocycles. The molecule has 1 aliphatic rings. The predicted molar refractivity (Wildman–Crippen MR) is 103 cm³/mol. The zero-order chi connectivity index (χ0) is 17.8. The smallest absolute Gasteiger partial charge is 0.124 e. The molecule has 5 heteroatoms. The first-order chi connectivity index (χ1) is 12.8. The van der Waals surface area contributed by atoms with Crippen LogP contribution in [0.4, 0.5) is 0 Å². The zero-order valence-corrected chi connectivity index (χ0v) is 15.2. The number of hydrogen-bond acceptors (Lipinski definition) is 4. The molecule has 0 spiro atoms. The molecule has 1 fully saturated rings. The van der Waals surface area contributed by atoms with Gasteiger partial charge in [-0.15, -0.1) is 0 Å². The third-order valence-electron chi connectivity index (χ3n) is 4.94. The molecule has 1 aromatic heterocycles. The highest BCUT2D eigenvalue weighted by molar-refractivity contribution is 5.75. The molecule has 2 heterocycles. The average Bonchev–Trinajstić information content (AvgIpc) is 3.31. The Labute approximate surface area is 154 Å². The Morgan fingerprint density at radius 1 is 0.962 bits per heavy atom. The summed E-state index contributed by atoms with van der Waals surface area (Å²) in [5.41, 5.74) is 2.24. The van der Waals surface area contributed by atoms with Crippen molar-refractivity contribution in [1.29, 1.82) is 0 Å². The fourth-order valence-corrected chi connectivity index (χ4v) is 3.56. The van der Waals surface area contributed by atoms with Crippen molar-refractivity contribution in [2.75, 3.05) is 26.8 Å². The molecule has 0 bridgehead atoms. The first kappa shape index (κ1) is 16.9. The number of ether oxygens (including phenoxy) is 2. The fourth-order valence-electron chi connectivity index (χ4n) is 3.56. The van der Waals surface area contributed by atoms with Gasteiger partial charge in [0.1, 0.15) is 23.9 Å². The van der Waals surface area contributed by atoms with Gasteiger partial charge in [-0.2, -0.15) is 0 Å². The summed E-state index contributed by atoms with van der Waals surface area (Å²) in [5, 5.41) is 0. The Bertz CT molecular complexity index is 851. The predicted octanol–water partition coefficient (Wildman–Crippen LogP) is 3.72. The van der Waals surface area contributed by atoms with Crippen LogP contribution in [0.3, 0.4) is 0 Å². The van der Waals surface area contributed by atoms with Crippen molar-refractivity contribution in [2.45, 2.75) is 25.9 Å². The number of likely N-dealkylation sites (tertiary alicyclic amines) is 1. The SMILES string of the molecule is COc1ccc(OCCn2c(CN3CCCC3)nc3ccccc32)cc1. The summed E-state index contributed by atoms with van der Waals surface area (Å²) < 4.78 is 13.4. The highest BCUT2D eigenvalue weighted by Crippen LogP contribution is 2.20. The standard InChI is InChI=1S/C21H25N3O2/c1-25-17-8-10-18(11-9-17)26-15-14-24-20-7-3-2-6-19(20)22-21(24)16-23-12-4-5-13-23/h2-3,6-11H,4-5,12-16H2,1H3. The number of imidazole rings is 1. The summed E-state index contributed by atoms with van der Waals surface area (Å²) in [6.45, 7) is 4.66. The van der Waals surface area contributed by atoms with E-state index in [9.17, 15) is 0 Å². The van der Waals surface area contributed by atoms with Crippen molar-refractivity contribution in [1.82, 2.24) is 14.5 Å². The molecule has 0 N–H and O–H groups in total. The van der Waals surface area contributed by atoms with E-state index < -0.39 is 0 Å². The van der Waals surface area contributed by atoms with Crippen molar-refractivity contribution < 1.29 is 9.47 Å². The van der Waals surface area contributed by atoms with Gasteiger partial charge in [-0.25, -0.2) is 4.98 Å². The highest BCUT2D eigenvalue weighted by atomic mass is 16.5. The number of fused-ring (bicyclic) bond motifs is 1. The molecule has 0 aliphatic carbocycles. The van der Waals surface area contributed by atoms with Gasteiger partial charge < -0.3 is 14.0 Å². The molecular formula is C21H25N3O2. The maximum atomic E-state index is 5.93. The van der Waals surface area contributed by atoms with Crippen molar-refractivity contribution in [2.24, 2.45) is 0 Å². The lowest BCUT2D eigenvalue weighted by Gasteiger charge is -2.16. The topological polar surface area (TPSA) is 39.5 Å². The average molecular weight is 351 g/mol. The number of para-hydroxylation sites is 2. The van der Waals surface area contributed by atoms with Crippen LogP contribution in [0.2, 0.25) is 0 Å². The first-order valence-corrected chi connectivity index (χ1v) is 9.27. The van der Waals surface area contributed by atoms with Crippen LogP contribution in [-0.2, 0) is 13.1 Å². The van der Waals surface area contributed by atoms with Gasteiger partial charge in [0.2, 0.25) is 0 Å². The van der Waals surface area contributed by atoms with Gasteiger partial charge in [0, 0.05) is 0 Å². The Kier molecular flexibility index (Phi) is 5.07. The fraction of sp³-hybridized carbons (Fsp3) is 0.381. The lowest BCUT2D eigenvalue weighted by Crippen LogP contribution is -2.22. The minimum absolute atomic E-state index is 0.611.